The molecule has 2 N–H and O–H groups in total. The summed E-state index contributed by atoms with van der Waals surface area (Å²) in [6, 6.07) is 14.3. The second-order valence-corrected chi connectivity index (χ2v) is 8.75. The van der Waals surface area contributed by atoms with Crippen molar-refractivity contribution in [1.82, 2.24) is 19.8 Å². The molecule has 0 spiro atoms. The van der Waals surface area contributed by atoms with Crippen LogP contribution in [-0.4, -0.2) is 64.9 Å². The first-order chi connectivity index (χ1) is 15.6. The quantitative estimate of drug-likeness (QED) is 0.625. The number of anilines is 3. The van der Waals surface area contributed by atoms with E-state index in [0.717, 1.165) is 40.9 Å². The molecule has 32 heavy (non-hydrogen) atoms. The SMILES string of the molecule is C=Cc1cccc(Nc2ncnc3ccc(NC(=O)CN4CC5CCN(C)C5C4)cc23)c1. The van der Waals surface area contributed by atoms with Gasteiger partial charge in [-0.2, -0.15) is 0 Å². The molecule has 3 aromatic rings. The van der Waals surface area contributed by atoms with Crippen molar-refractivity contribution < 1.29 is 4.79 Å². The Morgan fingerprint density at radius 1 is 1.19 bits per heavy atom. The van der Waals surface area contributed by atoms with E-state index in [-0.39, 0.29) is 5.91 Å². The Balaban J connectivity index is 1.30. The summed E-state index contributed by atoms with van der Waals surface area (Å²) in [6.45, 7) is 7.39. The van der Waals surface area contributed by atoms with E-state index in [0.29, 0.717) is 24.3 Å². The number of fused-ring (bicyclic) bond motifs is 2. The second-order valence-electron chi connectivity index (χ2n) is 8.75. The van der Waals surface area contributed by atoms with Crippen molar-refractivity contribution in [2.75, 3.05) is 43.9 Å². The number of likely N-dealkylation sites (N-methyl/N-ethyl adjacent to an activating group) is 1. The number of benzene rings is 2. The second kappa shape index (κ2) is 8.68. The maximum absolute atomic E-state index is 12.7. The number of carbonyl (C=O) groups is 1. The number of nitrogens with zero attached hydrogens (tertiary/aromatic N) is 4. The molecule has 2 fully saturated rings. The standard InChI is InChI=1S/C25H28N6O/c1-3-17-5-4-6-19(11-17)29-25-21-12-20(7-8-22(21)26-16-27-25)28-24(32)15-31-13-18-9-10-30(2)23(18)14-31/h3-8,11-12,16,18,23H,1,9-10,13-15H2,2H3,(H,28,32)(H,26,27,29). The van der Waals surface area contributed by atoms with Gasteiger partial charge in [-0.15, -0.1) is 0 Å². The fourth-order valence-corrected chi connectivity index (χ4v) is 4.91. The first-order valence-corrected chi connectivity index (χ1v) is 11.1. The normalized spacial score (nSPS) is 20.9. The summed E-state index contributed by atoms with van der Waals surface area (Å²) in [5.74, 6) is 1.40. The van der Waals surface area contributed by atoms with E-state index in [1.54, 1.807) is 6.33 Å². The van der Waals surface area contributed by atoms with Crippen LogP contribution in [0.1, 0.15) is 12.0 Å². The molecule has 0 saturated carbocycles. The summed E-state index contributed by atoms with van der Waals surface area (Å²) in [6.07, 6.45) is 4.58. The lowest BCUT2D eigenvalue weighted by molar-refractivity contribution is -0.117. The number of nitrogens with one attached hydrogen (secondary N) is 2. The fourth-order valence-electron chi connectivity index (χ4n) is 4.91. The van der Waals surface area contributed by atoms with Gasteiger partial charge in [0, 0.05) is 35.9 Å². The van der Waals surface area contributed by atoms with Gasteiger partial charge in [-0.3, -0.25) is 9.69 Å². The van der Waals surface area contributed by atoms with E-state index in [2.05, 4.69) is 44.0 Å². The zero-order valence-electron chi connectivity index (χ0n) is 18.3. The largest absolute Gasteiger partial charge is 0.340 e. The number of hydrogen-bond donors (Lipinski definition) is 2. The van der Waals surface area contributed by atoms with Gasteiger partial charge in [0.15, 0.2) is 0 Å². The van der Waals surface area contributed by atoms with Crippen LogP contribution in [0.2, 0.25) is 0 Å². The fraction of sp³-hybridized carbons (Fsp3) is 0.320. The van der Waals surface area contributed by atoms with Gasteiger partial charge in [-0.1, -0.05) is 24.8 Å². The van der Waals surface area contributed by atoms with Gasteiger partial charge in [-0.05, 0) is 61.8 Å². The minimum atomic E-state index is 0.0111. The Kier molecular flexibility index (Phi) is 5.59. The molecule has 2 aliphatic heterocycles. The van der Waals surface area contributed by atoms with Crippen molar-refractivity contribution in [3.8, 4) is 0 Å². The zero-order valence-corrected chi connectivity index (χ0v) is 18.3. The Hall–Kier alpha value is -3.29. The van der Waals surface area contributed by atoms with Gasteiger partial charge in [0.25, 0.3) is 0 Å². The Bertz CT molecular complexity index is 1160. The average molecular weight is 429 g/mol. The third-order valence-corrected chi connectivity index (χ3v) is 6.57. The number of likely N-dealkylation sites (tertiary alicyclic amines) is 2. The molecule has 2 saturated heterocycles. The summed E-state index contributed by atoms with van der Waals surface area (Å²) in [5.41, 5.74) is 3.51. The summed E-state index contributed by atoms with van der Waals surface area (Å²) >= 11 is 0. The van der Waals surface area contributed by atoms with Crippen LogP contribution in [0.3, 0.4) is 0 Å². The molecular weight excluding hydrogens is 400 g/mol. The molecule has 0 aliphatic carbocycles. The lowest BCUT2D eigenvalue weighted by atomic mass is 10.1. The maximum Gasteiger partial charge on any atom is 0.238 e. The third kappa shape index (κ3) is 4.22. The number of rotatable bonds is 6. The topological polar surface area (TPSA) is 73.4 Å². The third-order valence-electron chi connectivity index (χ3n) is 6.57. The van der Waals surface area contributed by atoms with Crippen LogP contribution in [-0.2, 0) is 4.79 Å². The molecule has 1 aromatic heterocycles. The van der Waals surface area contributed by atoms with E-state index in [1.165, 1.54) is 13.0 Å². The van der Waals surface area contributed by atoms with Crippen LogP contribution < -0.4 is 10.6 Å². The van der Waals surface area contributed by atoms with Crippen LogP contribution in [0.4, 0.5) is 17.2 Å². The molecule has 1 amide bonds. The Morgan fingerprint density at radius 3 is 2.94 bits per heavy atom. The van der Waals surface area contributed by atoms with Gasteiger partial charge < -0.3 is 15.5 Å². The summed E-state index contributed by atoms with van der Waals surface area (Å²) < 4.78 is 0. The Morgan fingerprint density at radius 2 is 2.09 bits per heavy atom. The van der Waals surface area contributed by atoms with E-state index < -0.39 is 0 Å². The lowest BCUT2D eigenvalue weighted by Crippen LogP contribution is -2.36. The highest BCUT2D eigenvalue weighted by molar-refractivity contribution is 5.98. The molecule has 7 nitrogen and oxygen atoms in total. The van der Waals surface area contributed by atoms with Crippen LogP contribution >= 0.6 is 0 Å². The first kappa shape index (κ1) is 20.6. The van der Waals surface area contributed by atoms with Gasteiger partial charge in [0.05, 0.1) is 12.1 Å². The predicted octanol–water partition coefficient (Wildman–Crippen LogP) is 3.59. The van der Waals surface area contributed by atoms with Gasteiger partial charge in [0.1, 0.15) is 12.1 Å². The van der Waals surface area contributed by atoms with Crippen LogP contribution in [0.25, 0.3) is 17.0 Å². The van der Waals surface area contributed by atoms with Crippen molar-refractivity contribution in [3.63, 3.8) is 0 Å². The van der Waals surface area contributed by atoms with Gasteiger partial charge >= 0.3 is 0 Å². The predicted molar refractivity (Wildman–Crippen MR) is 129 cm³/mol. The molecule has 0 radical (unpaired) electrons. The average Bonchev–Trinajstić information content (AvgIpc) is 3.35. The molecule has 2 atom stereocenters. The van der Waals surface area contributed by atoms with Crippen molar-refractivity contribution in [1.29, 1.82) is 0 Å². The zero-order chi connectivity index (χ0) is 22.1. The molecule has 2 aliphatic rings. The van der Waals surface area contributed by atoms with E-state index in [4.69, 9.17) is 0 Å². The summed E-state index contributed by atoms with van der Waals surface area (Å²) in [4.78, 5) is 26.2. The smallest absolute Gasteiger partial charge is 0.238 e. The van der Waals surface area contributed by atoms with Crippen LogP contribution in [0, 0.1) is 5.92 Å². The lowest BCUT2D eigenvalue weighted by Gasteiger charge is -2.20. The van der Waals surface area contributed by atoms with Crippen molar-refractivity contribution in [2.24, 2.45) is 5.92 Å². The minimum Gasteiger partial charge on any atom is -0.340 e. The first-order valence-electron chi connectivity index (χ1n) is 11.1. The molecule has 2 aromatic carbocycles. The molecule has 0 bridgehead atoms. The highest BCUT2D eigenvalue weighted by Gasteiger charge is 2.39. The molecule has 2 unspecified atom stereocenters. The molecule has 3 heterocycles. The monoisotopic (exact) mass is 428 g/mol. The highest BCUT2D eigenvalue weighted by atomic mass is 16.2. The van der Waals surface area contributed by atoms with Crippen LogP contribution in [0.5, 0.6) is 0 Å². The number of amides is 1. The van der Waals surface area contributed by atoms with E-state index in [1.807, 2.05) is 48.5 Å². The van der Waals surface area contributed by atoms with E-state index >= 15 is 0 Å². The van der Waals surface area contributed by atoms with Gasteiger partial charge in [-0.25, -0.2) is 9.97 Å². The van der Waals surface area contributed by atoms with E-state index in [9.17, 15) is 4.79 Å². The number of carbonyl (C=O) groups excluding carboxylic acids is 1. The maximum atomic E-state index is 12.7. The summed E-state index contributed by atoms with van der Waals surface area (Å²) in [7, 11) is 2.19. The molecule has 7 heteroatoms. The van der Waals surface area contributed by atoms with Crippen LogP contribution in [0.15, 0.2) is 55.4 Å². The molecular formula is C25H28N6O. The Labute approximate surface area is 188 Å². The number of hydrogen-bond acceptors (Lipinski definition) is 6. The van der Waals surface area contributed by atoms with Crippen molar-refractivity contribution in [3.05, 3.63) is 60.9 Å². The highest BCUT2D eigenvalue weighted by Crippen LogP contribution is 2.30. The minimum absolute atomic E-state index is 0.0111. The molecule has 5 rings (SSSR count). The van der Waals surface area contributed by atoms with Crippen molar-refractivity contribution in [2.45, 2.75) is 12.5 Å². The summed E-state index contributed by atoms with van der Waals surface area (Å²) in [5, 5.41) is 7.27. The number of aromatic nitrogens is 2. The van der Waals surface area contributed by atoms with Gasteiger partial charge in [0.2, 0.25) is 5.91 Å². The molecule has 164 valence electrons. The van der Waals surface area contributed by atoms with Crippen molar-refractivity contribution >= 4 is 40.1 Å².